The lowest BCUT2D eigenvalue weighted by Crippen LogP contribution is -2.45. The molecular formula is C13H20ClN3O. The smallest absolute Gasteiger partial charge is 0.0449 e. The molecule has 1 heterocycles. The van der Waals surface area contributed by atoms with Crippen molar-refractivity contribution < 1.29 is 5.11 Å². The number of benzene rings is 1. The van der Waals surface area contributed by atoms with Gasteiger partial charge in [-0.15, -0.1) is 0 Å². The van der Waals surface area contributed by atoms with Crippen LogP contribution in [0.2, 0.25) is 5.02 Å². The zero-order valence-electron chi connectivity index (χ0n) is 10.4. The Morgan fingerprint density at radius 1 is 1.39 bits per heavy atom. The molecule has 0 amide bonds. The molecule has 5 heteroatoms. The second-order valence-electron chi connectivity index (χ2n) is 4.59. The van der Waals surface area contributed by atoms with Crippen LogP contribution in [0.15, 0.2) is 18.2 Å². The van der Waals surface area contributed by atoms with Gasteiger partial charge in [-0.25, -0.2) is 0 Å². The van der Waals surface area contributed by atoms with E-state index in [4.69, 9.17) is 17.3 Å². The summed E-state index contributed by atoms with van der Waals surface area (Å²) in [4.78, 5) is 2.36. The average Bonchev–Trinajstić information content (AvgIpc) is 2.40. The molecule has 4 nitrogen and oxygen atoms in total. The molecule has 1 atom stereocenters. The number of nitrogens with two attached hydrogens (primary N) is 1. The Labute approximate surface area is 113 Å². The molecule has 1 aliphatic heterocycles. The fourth-order valence-electron chi connectivity index (χ4n) is 2.49. The second-order valence-corrected chi connectivity index (χ2v) is 5.02. The molecule has 2 rings (SSSR count). The summed E-state index contributed by atoms with van der Waals surface area (Å²) in [5.41, 5.74) is 7.82. The third-order valence-corrected chi connectivity index (χ3v) is 3.64. The van der Waals surface area contributed by atoms with Crippen LogP contribution < -0.4 is 11.1 Å². The number of hydrogen-bond acceptors (Lipinski definition) is 4. The van der Waals surface area contributed by atoms with Gasteiger partial charge >= 0.3 is 0 Å². The van der Waals surface area contributed by atoms with E-state index in [-0.39, 0.29) is 12.6 Å². The summed E-state index contributed by atoms with van der Waals surface area (Å²) in [6.07, 6.45) is 0.685. The maximum Gasteiger partial charge on any atom is 0.0449 e. The number of aliphatic hydroxyl groups is 1. The zero-order valence-corrected chi connectivity index (χ0v) is 11.2. The first-order valence-corrected chi connectivity index (χ1v) is 6.70. The van der Waals surface area contributed by atoms with E-state index >= 15 is 0 Å². The fraction of sp³-hybridized carbons (Fsp3) is 0.538. The highest BCUT2D eigenvalue weighted by Crippen LogP contribution is 2.31. The molecule has 1 fully saturated rings. The van der Waals surface area contributed by atoms with E-state index in [1.165, 1.54) is 0 Å². The predicted molar refractivity (Wildman–Crippen MR) is 74.8 cm³/mol. The first-order chi connectivity index (χ1) is 8.72. The van der Waals surface area contributed by atoms with Gasteiger partial charge in [0.25, 0.3) is 0 Å². The number of hydrogen-bond donors (Lipinski definition) is 3. The second kappa shape index (κ2) is 6.38. The van der Waals surface area contributed by atoms with E-state index < -0.39 is 0 Å². The van der Waals surface area contributed by atoms with Crippen molar-refractivity contribution in [2.24, 2.45) is 0 Å². The zero-order chi connectivity index (χ0) is 13.0. The van der Waals surface area contributed by atoms with Crippen molar-refractivity contribution >= 4 is 17.3 Å². The van der Waals surface area contributed by atoms with Crippen LogP contribution in [0.25, 0.3) is 0 Å². The minimum Gasteiger partial charge on any atom is -0.398 e. The van der Waals surface area contributed by atoms with Crippen LogP contribution in [0.1, 0.15) is 18.0 Å². The number of nitrogens with zero attached hydrogens (tertiary/aromatic N) is 1. The van der Waals surface area contributed by atoms with E-state index in [2.05, 4.69) is 10.2 Å². The Hall–Kier alpha value is -0.810. The maximum absolute atomic E-state index is 9.27. The summed E-state index contributed by atoms with van der Waals surface area (Å²) in [5, 5.41) is 13.3. The van der Waals surface area contributed by atoms with E-state index in [1.807, 2.05) is 12.1 Å². The summed E-state index contributed by atoms with van der Waals surface area (Å²) in [6.45, 7) is 4.04. The molecule has 0 aromatic heterocycles. The molecular weight excluding hydrogens is 250 g/mol. The number of nitrogen functional groups attached to an aromatic ring is 1. The van der Waals surface area contributed by atoms with Gasteiger partial charge in [-0.1, -0.05) is 11.6 Å². The van der Waals surface area contributed by atoms with Crippen LogP contribution in [0.4, 0.5) is 5.69 Å². The van der Waals surface area contributed by atoms with Crippen molar-refractivity contribution in [3.8, 4) is 0 Å². The van der Waals surface area contributed by atoms with Gasteiger partial charge in [0.15, 0.2) is 0 Å². The highest BCUT2D eigenvalue weighted by Gasteiger charge is 2.23. The summed E-state index contributed by atoms with van der Waals surface area (Å²) in [6, 6.07) is 5.70. The molecule has 0 radical (unpaired) electrons. The normalized spacial score (nSPS) is 18.8. The van der Waals surface area contributed by atoms with E-state index in [0.717, 1.165) is 37.4 Å². The van der Waals surface area contributed by atoms with Crippen molar-refractivity contribution in [3.63, 3.8) is 0 Å². The minimum atomic E-state index is 0.149. The molecule has 18 heavy (non-hydrogen) atoms. The van der Waals surface area contributed by atoms with Crippen molar-refractivity contribution in [1.29, 1.82) is 0 Å². The van der Waals surface area contributed by atoms with Crippen molar-refractivity contribution in [1.82, 2.24) is 10.2 Å². The topological polar surface area (TPSA) is 61.5 Å². The Bertz CT molecular complexity index is 394. The molecule has 100 valence electrons. The highest BCUT2D eigenvalue weighted by molar-refractivity contribution is 6.30. The lowest BCUT2D eigenvalue weighted by molar-refractivity contribution is 0.141. The fourth-order valence-corrected chi connectivity index (χ4v) is 2.67. The van der Waals surface area contributed by atoms with Gasteiger partial charge in [-0.05, 0) is 30.2 Å². The third-order valence-electron chi connectivity index (χ3n) is 3.40. The number of piperazine rings is 1. The third kappa shape index (κ3) is 3.14. The van der Waals surface area contributed by atoms with Crippen LogP contribution in [-0.2, 0) is 0 Å². The van der Waals surface area contributed by atoms with Crippen molar-refractivity contribution in [2.45, 2.75) is 12.5 Å². The van der Waals surface area contributed by atoms with Crippen LogP contribution >= 0.6 is 11.6 Å². The lowest BCUT2D eigenvalue weighted by atomic mass is 9.99. The van der Waals surface area contributed by atoms with Crippen molar-refractivity contribution in [2.75, 3.05) is 38.5 Å². The van der Waals surface area contributed by atoms with Crippen LogP contribution in [0.3, 0.4) is 0 Å². The Balaban J connectivity index is 2.24. The van der Waals surface area contributed by atoms with Gasteiger partial charge in [0.2, 0.25) is 0 Å². The van der Waals surface area contributed by atoms with Gasteiger partial charge in [-0.3, -0.25) is 4.90 Å². The van der Waals surface area contributed by atoms with Gasteiger partial charge in [0, 0.05) is 49.5 Å². The SMILES string of the molecule is Nc1ccc(Cl)cc1[C@@H](CCO)N1CCNCC1. The largest absolute Gasteiger partial charge is 0.398 e. The van der Waals surface area contributed by atoms with Crippen LogP contribution in [0, 0.1) is 0 Å². The maximum atomic E-state index is 9.27. The van der Waals surface area contributed by atoms with Crippen LogP contribution in [-0.4, -0.2) is 42.8 Å². The standard InChI is InChI=1S/C13H20ClN3O/c14-10-1-2-12(15)11(9-10)13(3-8-18)17-6-4-16-5-7-17/h1-2,9,13,16,18H,3-8,15H2/t13-/m1/s1. The molecule has 0 bridgehead atoms. The Morgan fingerprint density at radius 2 is 2.11 bits per heavy atom. The molecule has 1 aromatic rings. The molecule has 4 N–H and O–H groups in total. The predicted octanol–water partition coefficient (Wildman–Crippen LogP) is 1.25. The number of nitrogens with one attached hydrogen (secondary N) is 1. The van der Waals surface area contributed by atoms with Gasteiger partial charge in [0.1, 0.15) is 0 Å². The Morgan fingerprint density at radius 3 is 2.78 bits per heavy atom. The van der Waals surface area contributed by atoms with Gasteiger partial charge < -0.3 is 16.2 Å². The lowest BCUT2D eigenvalue weighted by Gasteiger charge is -2.35. The van der Waals surface area contributed by atoms with E-state index in [0.29, 0.717) is 11.4 Å². The minimum absolute atomic E-state index is 0.149. The molecule has 1 saturated heterocycles. The van der Waals surface area contributed by atoms with Crippen molar-refractivity contribution in [3.05, 3.63) is 28.8 Å². The number of aliphatic hydroxyl groups excluding tert-OH is 1. The molecule has 0 spiro atoms. The number of rotatable bonds is 4. The van der Waals surface area contributed by atoms with Gasteiger partial charge in [-0.2, -0.15) is 0 Å². The number of anilines is 1. The monoisotopic (exact) mass is 269 g/mol. The summed E-state index contributed by atoms with van der Waals surface area (Å²) in [5.74, 6) is 0. The average molecular weight is 270 g/mol. The first kappa shape index (κ1) is 13.6. The first-order valence-electron chi connectivity index (χ1n) is 6.33. The molecule has 0 aliphatic carbocycles. The van der Waals surface area contributed by atoms with Gasteiger partial charge in [0.05, 0.1) is 0 Å². The molecule has 1 aliphatic rings. The van der Waals surface area contributed by atoms with Crippen LogP contribution in [0.5, 0.6) is 0 Å². The highest BCUT2D eigenvalue weighted by atomic mass is 35.5. The van der Waals surface area contributed by atoms with E-state index in [9.17, 15) is 5.11 Å². The van der Waals surface area contributed by atoms with E-state index in [1.54, 1.807) is 6.07 Å². The molecule has 1 aromatic carbocycles. The quantitative estimate of drug-likeness (QED) is 0.720. The Kier molecular flexibility index (Phi) is 4.83. The summed E-state index contributed by atoms with van der Waals surface area (Å²) in [7, 11) is 0. The summed E-state index contributed by atoms with van der Waals surface area (Å²) < 4.78 is 0. The summed E-state index contributed by atoms with van der Waals surface area (Å²) >= 11 is 6.05. The number of halogens is 1. The molecule has 0 saturated carbocycles. The molecule has 0 unspecified atom stereocenters.